The monoisotopic (exact) mass is 340 g/mol. The number of rotatable bonds is 7. The number of β-amino-alcohol motifs (C(OH)–C–C–N with tert-alkyl or cyclic N) is 1. The molecule has 1 aliphatic heterocycles. The highest BCUT2D eigenvalue weighted by atomic mass is 32.1. The zero-order valence-electron chi connectivity index (χ0n) is 14.4. The first kappa shape index (κ1) is 18.4. The lowest BCUT2D eigenvalue weighted by molar-refractivity contribution is 0.0112. The topological polar surface area (TPSA) is 53.0 Å². The highest BCUT2D eigenvalue weighted by Crippen LogP contribution is 2.24. The first-order chi connectivity index (χ1) is 11.0. The number of hydrogen-bond donors (Lipinski definition) is 1. The molecule has 1 atom stereocenters. The minimum Gasteiger partial charge on any atom is -0.389 e. The van der Waals surface area contributed by atoms with E-state index in [4.69, 9.17) is 4.74 Å². The number of piperazine rings is 1. The molecular formula is C17H28N2O3S. The maximum atomic E-state index is 12.6. The fraction of sp³-hybridized carbons (Fsp3) is 0.706. The van der Waals surface area contributed by atoms with Crippen molar-refractivity contribution < 1.29 is 14.6 Å². The number of ether oxygens (including phenoxy) is 1. The van der Waals surface area contributed by atoms with Crippen LogP contribution in [0.4, 0.5) is 0 Å². The summed E-state index contributed by atoms with van der Waals surface area (Å²) >= 11 is 1.62. The molecule has 1 aromatic heterocycles. The standard InChI is InChI=1S/C17H28N2O3S/c1-4-15-13(3)10-16(23-15)17(21)19-8-6-18(7-9-19)11-14(20)12-22-5-2/h10,14,20H,4-9,11-12H2,1-3H3/t14-/m0/s1. The molecule has 0 aromatic carbocycles. The second-order valence-corrected chi connectivity index (χ2v) is 7.11. The molecule has 1 fully saturated rings. The molecule has 130 valence electrons. The van der Waals surface area contributed by atoms with Gasteiger partial charge >= 0.3 is 0 Å². The second-order valence-electron chi connectivity index (χ2n) is 5.98. The van der Waals surface area contributed by atoms with Gasteiger partial charge in [-0.2, -0.15) is 0 Å². The molecule has 23 heavy (non-hydrogen) atoms. The van der Waals surface area contributed by atoms with Gasteiger partial charge in [-0.3, -0.25) is 9.69 Å². The van der Waals surface area contributed by atoms with Crippen molar-refractivity contribution in [3.63, 3.8) is 0 Å². The lowest BCUT2D eigenvalue weighted by Gasteiger charge is -2.35. The van der Waals surface area contributed by atoms with Crippen LogP contribution in [-0.2, 0) is 11.2 Å². The molecule has 0 saturated carbocycles. The Morgan fingerprint density at radius 1 is 1.35 bits per heavy atom. The van der Waals surface area contributed by atoms with Crippen LogP contribution in [0.15, 0.2) is 6.07 Å². The van der Waals surface area contributed by atoms with Crippen LogP contribution in [0.3, 0.4) is 0 Å². The number of aliphatic hydroxyl groups is 1. The highest BCUT2D eigenvalue weighted by Gasteiger charge is 2.24. The molecule has 5 nitrogen and oxygen atoms in total. The van der Waals surface area contributed by atoms with Crippen LogP contribution in [0.2, 0.25) is 0 Å². The number of aryl methyl sites for hydroxylation is 2. The van der Waals surface area contributed by atoms with Crippen LogP contribution in [-0.4, -0.2) is 72.9 Å². The Kier molecular flexibility index (Phi) is 7.02. The summed E-state index contributed by atoms with van der Waals surface area (Å²) in [4.78, 5) is 18.9. The minimum absolute atomic E-state index is 0.146. The highest BCUT2D eigenvalue weighted by molar-refractivity contribution is 7.14. The van der Waals surface area contributed by atoms with E-state index in [0.29, 0.717) is 19.8 Å². The van der Waals surface area contributed by atoms with E-state index in [9.17, 15) is 9.90 Å². The van der Waals surface area contributed by atoms with Gasteiger partial charge in [-0.15, -0.1) is 11.3 Å². The van der Waals surface area contributed by atoms with Crippen molar-refractivity contribution >= 4 is 17.2 Å². The molecule has 1 saturated heterocycles. The number of amides is 1. The van der Waals surface area contributed by atoms with Gasteiger partial charge in [0.15, 0.2) is 0 Å². The normalized spacial score (nSPS) is 17.5. The SMILES string of the molecule is CCOC[C@@H](O)CN1CCN(C(=O)c2cc(C)c(CC)s2)CC1. The van der Waals surface area contributed by atoms with Crippen molar-refractivity contribution in [1.29, 1.82) is 0 Å². The average Bonchev–Trinajstić information content (AvgIpc) is 2.94. The summed E-state index contributed by atoms with van der Waals surface area (Å²) in [5.74, 6) is 0.146. The van der Waals surface area contributed by atoms with E-state index in [1.165, 1.54) is 10.4 Å². The van der Waals surface area contributed by atoms with Crippen LogP contribution in [0.5, 0.6) is 0 Å². The van der Waals surface area contributed by atoms with Crippen molar-refractivity contribution in [1.82, 2.24) is 9.80 Å². The summed E-state index contributed by atoms with van der Waals surface area (Å²) in [6, 6.07) is 2.02. The summed E-state index contributed by atoms with van der Waals surface area (Å²) < 4.78 is 5.24. The van der Waals surface area contributed by atoms with E-state index < -0.39 is 6.10 Å². The fourth-order valence-electron chi connectivity index (χ4n) is 2.87. The molecule has 1 N–H and O–H groups in total. The van der Waals surface area contributed by atoms with Crippen molar-refractivity contribution in [2.24, 2.45) is 0 Å². The molecule has 1 aromatic rings. The van der Waals surface area contributed by atoms with Crippen molar-refractivity contribution in [3.8, 4) is 0 Å². The van der Waals surface area contributed by atoms with Gasteiger partial charge in [-0.05, 0) is 31.9 Å². The third kappa shape index (κ3) is 5.01. The van der Waals surface area contributed by atoms with Gasteiger partial charge in [0.05, 0.1) is 17.6 Å². The van der Waals surface area contributed by atoms with E-state index in [1.54, 1.807) is 11.3 Å². The number of carbonyl (C=O) groups is 1. The van der Waals surface area contributed by atoms with Crippen LogP contribution < -0.4 is 0 Å². The van der Waals surface area contributed by atoms with Gasteiger partial charge < -0.3 is 14.7 Å². The summed E-state index contributed by atoms with van der Waals surface area (Å²) in [6.45, 7) is 10.8. The maximum Gasteiger partial charge on any atom is 0.264 e. The molecule has 2 rings (SSSR count). The Hall–Kier alpha value is -0.950. The fourth-order valence-corrected chi connectivity index (χ4v) is 3.95. The quantitative estimate of drug-likeness (QED) is 0.822. The Bertz CT molecular complexity index is 510. The summed E-state index contributed by atoms with van der Waals surface area (Å²) in [5.41, 5.74) is 1.22. The third-order valence-corrected chi connectivity index (χ3v) is 5.56. The summed E-state index contributed by atoms with van der Waals surface area (Å²) in [5, 5.41) is 9.90. The van der Waals surface area contributed by atoms with E-state index in [2.05, 4.69) is 18.7 Å². The van der Waals surface area contributed by atoms with Gasteiger partial charge in [0.25, 0.3) is 5.91 Å². The van der Waals surface area contributed by atoms with Crippen LogP contribution >= 0.6 is 11.3 Å². The molecule has 0 radical (unpaired) electrons. The Labute approximate surface area is 142 Å². The third-order valence-electron chi connectivity index (χ3n) is 4.20. The smallest absolute Gasteiger partial charge is 0.264 e. The van der Waals surface area contributed by atoms with E-state index in [1.807, 2.05) is 17.9 Å². The Balaban J connectivity index is 1.82. The molecule has 0 spiro atoms. The predicted octanol–water partition coefficient (Wildman–Crippen LogP) is 1.77. The van der Waals surface area contributed by atoms with Crippen molar-refractivity contribution in [2.75, 3.05) is 45.9 Å². The van der Waals surface area contributed by atoms with Crippen molar-refractivity contribution in [3.05, 3.63) is 21.4 Å². The van der Waals surface area contributed by atoms with Crippen molar-refractivity contribution in [2.45, 2.75) is 33.3 Å². The van der Waals surface area contributed by atoms with E-state index >= 15 is 0 Å². The number of thiophene rings is 1. The molecule has 1 amide bonds. The van der Waals surface area contributed by atoms with Crippen LogP contribution in [0.25, 0.3) is 0 Å². The number of nitrogens with zero attached hydrogens (tertiary/aromatic N) is 2. The molecule has 6 heteroatoms. The van der Waals surface area contributed by atoms with Gasteiger partial charge in [0, 0.05) is 44.2 Å². The molecule has 1 aliphatic rings. The largest absolute Gasteiger partial charge is 0.389 e. The molecule has 0 aliphatic carbocycles. The first-order valence-corrected chi connectivity index (χ1v) is 9.23. The maximum absolute atomic E-state index is 12.6. The Morgan fingerprint density at radius 3 is 2.61 bits per heavy atom. The van der Waals surface area contributed by atoms with Gasteiger partial charge in [-0.25, -0.2) is 0 Å². The van der Waals surface area contributed by atoms with E-state index in [0.717, 1.165) is 37.5 Å². The van der Waals surface area contributed by atoms with Gasteiger partial charge in [-0.1, -0.05) is 6.92 Å². The molecule has 0 bridgehead atoms. The first-order valence-electron chi connectivity index (χ1n) is 8.41. The average molecular weight is 340 g/mol. The number of carbonyl (C=O) groups excluding carboxylic acids is 1. The minimum atomic E-state index is -0.454. The lowest BCUT2D eigenvalue weighted by Crippen LogP contribution is -2.50. The van der Waals surface area contributed by atoms with Gasteiger partial charge in [0.1, 0.15) is 0 Å². The van der Waals surface area contributed by atoms with Crippen LogP contribution in [0.1, 0.15) is 34.0 Å². The van der Waals surface area contributed by atoms with Crippen LogP contribution in [0, 0.1) is 6.92 Å². The predicted molar refractivity (Wildman–Crippen MR) is 93.3 cm³/mol. The van der Waals surface area contributed by atoms with Gasteiger partial charge in [0.2, 0.25) is 0 Å². The van der Waals surface area contributed by atoms with E-state index in [-0.39, 0.29) is 5.91 Å². The summed E-state index contributed by atoms with van der Waals surface area (Å²) in [7, 11) is 0. The zero-order chi connectivity index (χ0) is 16.8. The number of aliphatic hydroxyl groups excluding tert-OH is 1. The zero-order valence-corrected chi connectivity index (χ0v) is 15.2. The molecule has 0 unspecified atom stereocenters. The summed E-state index contributed by atoms with van der Waals surface area (Å²) in [6.07, 6.45) is 0.527. The number of hydrogen-bond acceptors (Lipinski definition) is 5. The molecular weight excluding hydrogens is 312 g/mol. The molecule has 2 heterocycles. The second kappa shape index (κ2) is 8.78. The lowest BCUT2D eigenvalue weighted by atomic mass is 10.2. The Morgan fingerprint density at radius 2 is 2.04 bits per heavy atom.